The van der Waals surface area contributed by atoms with Gasteiger partial charge in [-0.2, -0.15) is 0 Å². The molecule has 2 aromatic rings. The van der Waals surface area contributed by atoms with E-state index in [0.717, 1.165) is 18.4 Å². The Kier molecular flexibility index (Phi) is 7.15. The molecule has 1 aromatic heterocycles. The molecule has 0 atom stereocenters. The zero-order valence-corrected chi connectivity index (χ0v) is 17.6. The largest absolute Gasteiger partial charge is 0.445 e. The van der Waals surface area contributed by atoms with Crippen LogP contribution >= 0.6 is 0 Å². The molecule has 0 unspecified atom stereocenters. The predicted octanol–water partition coefficient (Wildman–Crippen LogP) is 3.27. The molecule has 0 saturated carbocycles. The Bertz CT molecular complexity index is 845. The molecule has 1 N–H and O–H groups in total. The third-order valence-corrected chi connectivity index (χ3v) is 6.13. The molecule has 0 bridgehead atoms. The van der Waals surface area contributed by atoms with Crippen LogP contribution in [0.1, 0.15) is 48.4 Å². The van der Waals surface area contributed by atoms with E-state index in [4.69, 9.17) is 9.84 Å². The van der Waals surface area contributed by atoms with Crippen LogP contribution in [0.3, 0.4) is 0 Å². The number of hydrogen-bond donors (Lipinski definition) is 1. The zero-order chi connectivity index (χ0) is 21.6. The third-order valence-electron chi connectivity index (χ3n) is 6.13. The van der Waals surface area contributed by atoms with Crippen molar-refractivity contribution in [2.24, 2.45) is 11.3 Å². The van der Waals surface area contributed by atoms with Gasteiger partial charge in [-0.1, -0.05) is 44.2 Å². The molecule has 0 aliphatic carbocycles. The number of likely N-dealkylation sites (tertiary alicyclic amines) is 1. The van der Waals surface area contributed by atoms with E-state index < -0.39 is 6.61 Å². The first-order chi connectivity index (χ1) is 14.4. The van der Waals surface area contributed by atoms with Crippen molar-refractivity contribution >= 4 is 11.9 Å². The Morgan fingerprint density at radius 2 is 1.77 bits per heavy atom. The highest BCUT2D eigenvalue weighted by Crippen LogP contribution is 2.41. The molecule has 1 aromatic carbocycles. The smallest absolute Gasteiger partial charge is 0.410 e. The molecule has 1 saturated heterocycles. The number of nitrogens with zero attached hydrogens (tertiary/aromatic N) is 3. The van der Waals surface area contributed by atoms with Crippen molar-refractivity contribution in [3.05, 3.63) is 59.7 Å². The van der Waals surface area contributed by atoms with Gasteiger partial charge < -0.3 is 14.7 Å². The number of carbonyl (C=O) groups is 2. The van der Waals surface area contributed by atoms with Crippen LogP contribution < -0.4 is 0 Å². The van der Waals surface area contributed by atoms with Gasteiger partial charge >= 0.3 is 6.09 Å². The molecule has 0 radical (unpaired) electrons. The average Bonchev–Trinajstić information content (AvgIpc) is 2.78. The van der Waals surface area contributed by atoms with Crippen LogP contribution in [0.4, 0.5) is 4.79 Å². The average molecular weight is 412 g/mol. The molecule has 0 spiro atoms. The highest BCUT2D eigenvalue weighted by Gasteiger charge is 2.39. The van der Waals surface area contributed by atoms with Gasteiger partial charge in [0.15, 0.2) is 5.78 Å². The number of aliphatic hydroxyl groups is 1. The maximum Gasteiger partial charge on any atom is 0.410 e. The molecule has 2 heterocycles. The summed E-state index contributed by atoms with van der Waals surface area (Å²) >= 11 is 0. The topological polar surface area (TPSA) is 92.6 Å². The Hall–Kier alpha value is -2.80. The highest BCUT2D eigenvalue weighted by atomic mass is 16.6. The number of rotatable bonds is 7. The molecule has 30 heavy (non-hydrogen) atoms. The number of benzene rings is 1. The van der Waals surface area contributed by atoms with Crippen LogP contribution in [-0.2, 0) is 17.8 Å². The number of amides is 1. The summed E-state index contributed by atoms with van der Waals surface area (Å²) in [5.74, 6) is 0.683. The predicted molar refractivity (Wildman–Crippen MR) is 112 cm³/mol. The van der Waals surface area contributed by atoms with Crippen molar-refractivity contribution in [2.45, 2.75) is 39.7 Å². The highest BCUT2D eigenvalue weighted by molar-refractivity contribution is 5.96. The van der Waals surface area contributed by atoms with E-state index in [0.29, 0.717) is 36.8 Å². The lowest BCUT2D eigenvalue weighted by atomic mass is 9.67. The maximum atomic E-state index is 12.5. The van der Waals surface area contributed by atoms with E-state index in [1.54, 1.807) is 4.90 Å². The van der Waals surface area contributed by atoms with Crippen LogP contribution in [0.5, 0.6) is 0 Å². The van der Waals surface area contributed by atoms with Crippen molar-refractivity contribution < 1.29 is 19.4 Å². The van der Waals surface area contributed by atoms with E-state index >= 15 is 0 Å². The lowest BCUT2D eigenvalue weighted by Gasteiger charge is -2.44. The Labute approximate surface area is 177 Å². The second-order valence-corrected chi connectivity index (χ2v) is 8.19. The van der Waals surface area contributed by atoms with Gasteiger partial charge in [0.1, 0.15) is 19.0 Å². The molecular weight excluding hydrogens is 382 g/mol. The molecule has 7 nitrogen and oxygen atoms in total. The fraction of sp³-hybridized carbons (Fsp3) is 0.478. The number of Topliss-reactive ketones (excluding diaryl/α,β-unsaturated/α-hetero) is 1. The summed E-state index contributed by atoms with van der Waals surface area (Å²) in [6.45, 7) is 5.37. The summed E-state index contributed by atoms with van der Waals surface area (Å²) in [5.41, 5.74) is 1.27. The van der Waals surface area contributed by atoms with Crippen LogP contribution in [0.2, 0.25) is 0 Å². The van der Waals surface area contributed by atoms with Gasteiger partial charge in [0.25, 0.3) is 0 Å². The van der Waals surface area contributed by atoms with Crippen molar-refractivity contribution in [3.8, 4) is 0 Å². The lowest BCUT2D eigenvalue weighted by Crippen LogP contribution is -2.46. The van der Waals surface area contributed by atoms with Gasteiger partial charge in [-0.15, -0.1) is 0 Å². The lowest BCUT2D eigenvalue weighted by molar-refractivity contribution is 0.0406. The van der Waals surface area contributed by atoms with Gasteiger partial charge in [-0.3, -0.25) is 4.79 Å². The van der Waals surface area contributed by atoms with E-state index in [-0.39, 0.29) is 23.9 Å². The van der Waals surface area contributed by atoms with E-state index in [1.165, 1.54) is 12.4 Å². The van der Waals surface area contributed by atoms with Gasteiger partial charge in [0.2, 0.25) is 0 Å². The van der Waals surface area contributed by atoms with Gasteiger partial charge in [-0.25, -0.2) is 14.8 Å². The normalized spacial score (nSPS) is 15.8. The van der Waals surface area contributed by atoms with Crippen molar-refractivity contribution in [1.29, 1.82) is 0 Å². The second-order valence-electron chi connectivity index (χ2n) is 8.19. The first-order valence-electron chi connectivity index (χ1n) is 10.3. The number of piperidine rings is 1. The number of hydrogen-bond acceptors (Lipinski definition) is 6. The molecular formula is C23H29N3O4. The summed E-state index contributed by atoms with van der Waals surface area (Å²) in [6.07, 6.45) is 5.04. The van der Waals surface area contributed by atoms with Crippen molar-refractivity contribution in [3.63, 3.8) is 0 Å². The summed E-state index contributed by atoms with van der Waals surface area (Å²) in [6, 6.07) is 9.66. The molecule has 1 aliphatic heterocycles. The summed E-state index contributed by atoms with van der Waals surface area (Å²) in [7, 11) is 0. The Morgan fingerprint density at radius 1 is 1.13 bits per heavy atom. The van der Waals surface area contributed by atoms with Crippen LogP contribution in [0.15, 0.2) is 42.7 Å². The standard InChI is InChI=1S/C23H29N3O4/c1-17(2)23(12-21-24-13-19(14-25-21)20(28)15-27)8-10-26(11-9-23)22(29)30-16-18-6-4-3-5-7-18/h3-7,13-14,17,27H,8-12,15-16H2,1-2H3. The Morgan fingerprint density at radius 3 is 2.33 bits per heavy atom. The van der Waals surface area contributed by atoms with Crippen LogP contribution in [-0.4, -0.2) is 51.5 Å². The first kappa shape index (κ1) is 21.9. The summed E-state index contributed by atoms with van der Waals surface area (Å²) in [5, 5.41) is 8.96. The Balaban J connectivity index is 1.58. The maximum absolute atomic E-state index is 12.5. The number of ether oxygens (including phenoxy) is 1. The minimum atomic E-state index is -0.547. The minimum Gasteiger partial charge on any atom is -0.445 e. The zero-order valence-electron chi connectivity index (χ0n) is 17.6. The van der Waals surface area contributed by atoms with Gasteiger partial charge in [0, 0.05) is 31.9 Å². The first-order valence-corrected chi connectivity index (χ1v) is 10.3. The quantitative estimate of drug-likeness (QED) is 0.703. The summed E-state index contributed by atoms with van der Waals surface area (Å²) in [4.78, 5) is 34.5. The van der Waals surface area contributed by atoms with E-state index in [2.05, 4.69) is 23.8 Å². The van der Waals surface area contributed by atoms with E-state index in [1.807, 2.05) is 30.3 Å². The molecule has 3 rings (SSSR count). The number of aliphatic hydroxyl groups excluding tert-OH is 1. The molecule has 1 amide bonds. The monoisotopic (exact) mass is 411 g/mol. The molecule has 1 aliphatic rings. The van der Waals surface area contributed by atoms with Crippen LogP contribution in [0, 0.1) is 11.3 Å². The van der Waals surface area contributed by atoms with Crippen LogP contribution in [0.25, 0.3) is 0 Å². The SMILES string of the molecule is CC(C)C1(Cc2ncc(C(=O)CO)cn2)CCN(C(=O)OCc2ccccc2)CC1. The second kappa shape index (κ2) is 9.80. The number of carbonyl (C=O) groups excluding carboxylic acids is 2. The fourth-order valence-corrected chi connectivity index (χ4v) is 3.90. The molecule has 7 heteroatoms. The molecule has 1 fully saturated rings. The van der Waals surface area contributed by atoms with Gasteiger partial charge in [0.05, 0.1) is 5.56 Å². The minimum absolute atomic E-state index is 0.0152. The summed E-state index contributed by atoms with van der Waals surface area (Å²) < 4.78 is 5.47. The third kappa shape index (κ3) is 5.21. The molecule has 160 valence electrons. The van der Waals surface area contributed by atoms with E-state index in [9.17, 15) is 9.59 Å². The fourth-order valence-electron chi connectivity index (χ4n) is 3.90. The number of ketones is 1. The van der Waals surface area contributed by atoms with Crippen molar-refractivity contribution in [2.75, 3.05) is 19.7 Å². The van der Waals surface area contributed by atoms with Gasteiger partial charge in [-0.05, 0) is 29.7 Å². The van der Waals surface area contributed by atoms with Crippen molar-refractivity contribution in [1.82, 2.24) is 14.9 Å². The number of aromatic nitrogens is 2.